The van der Waals surface area contributed by atoms with E-state index in [0.717, 1.165) is 22.3 Å². The molecule has 2 amide bonds. The molecule has 2 aromatic rings. The van der Waals surface area contributed by atoms with Gasteiger partial charge in [-0.2, -0.15) is 0 Å². The van der Waals surface area contributed by atoms with E-state index in [1.54, 1.807) is 34.9 Å². The van der Waals surface area contributed by atoms with Crippen molar-refractivity contribution in [2.75, 3.05) is 23.0 Å². The second-order valence-corrected chi connectivity index (χ2v) is 8.93. The Balaban J connectivity index is 1.63. The summed E-state index contributed by atoms with van der Waals surface area (Å²) < 4.78 is 0.787. The molecule has 0 saturated carbocycles. The van der Waals surface area contributed by atoms with Crippen LogP contribution in [0, 0.1) is 5.92 Å². The van der Waals surface area contributed by atoms with Gasteiger partial charge in [-0.15, -0.1) is 0 Å². The van der Waals surface area contributed by atoms with Gasteiger partial charge in [-0.3, -0.25) is 9.59 Å². The van der Waals surface area contributed by atoms with E-state index >= 15 is 0 Å². The largest absolute Gasteiger partial charge is 0.396 e. The van der Waals surface area contributed by atoms with Gasteiger partial charge in [0, 0.05) is 41.2 Å². The highest BCUT2D eigenvalue weighted by Crippen LogP contribution is 2.46. The minimum atomic E-state index is -1.69. The molecule has 1 saturated heterocycles. The molecule has 2 heterocycles. The van der Waals surface area contributed by atoms with Crippen molar-refractivity contribution >= 4 is 39.1 Å². The van der Waals surface area contributed by atoms with Crippen LogP contribution in [0.25, 0.3) is 0 Å². The summed E-state index contributed by atoms with van der Waals surface area (Å²) in [5, 5.41) is 20.6. The third-order valence-electron chi connectivity index (χ3n) is 6.05. The van der Waals surface area contributed by atoms with E-state index < -0.39 is 11.5 Å². The number of hydrogen-bond donors (Lipinski definition) is 2. The maximum absolute atomic E-state index is 13.5. The Morgan fingerprint density at radius 2 is 1.94 bits per heavy atom. The van der Waals surface area contributed by atoms with Crippen LogP contribution in [0.1, 0.15) is 30.9 Å². The molecule has 0 aromatic heterocycles. The first-order valence-corrected chi connectivity index (χ1v) is 11.2. The molecule has 6 nitrogen and oxygen atoms in total. The minimum Gasteiger partial charge on any atom is -0.396 e. The molecule has 0 radical (unpaired) electrons. The van der Waals surface area contributed by atoms with Crippen molar-refractivity contribution in [3.8, 4) is 0 Å². The number of benzene rings is 2. The molecule has 2 N–H and O–H groups in total. The van der Waals surface area contributed by atoms with Gasteiger partial charge in [-0.25, -0.2) is 0 Å². The summed E-state index contributed by atoms with van der Waals surface area (Å²) in [6, 6.07) is 13.1. The van der Waals surface area contributed by atoms with Crippen molar-refractivity contribution in [2.24, 2.45) is 5.92 Å². The average molecular weight is 485 g/mol. The highest BCUT2D eigenvalue weighted by atomic mass is 79.9. The van der Waals surface area contributed by atoms with Gasteiger partial charge < -0.3 is 20.0 Å². The Bertz CT molecular complexity index is 1040. The smallest absolute Gasteiger partial charge is 0.264 e. The normalized spacial score (nSPS) is 21.5. The number of carbonyl (C=O) groups excluding carboxylic acids is 2. The van der Waals surface area contributed by atoms with Crippen molar-refractivity contribution in [3.05, 3.63) is 70.2 Å². The molecule has 0 aliphatic carbocycles. The highest BCUT2D eigenvalue weighted by molar-refractivity contribution is 9.10. The van der Waals surface area contributed by atoms with Crippen LogP contribution in [0.15, 0.2) is 59.1 Å². The Morgan fingerprint density at radius 1 is 1.19 bits per heavy atom. The Kier molecular flexibility index (Phi) is 6.01. The summed E-state index contributed by atoms with van der Waals surface area (Å²) in [5.74, 6) is -0.719. The first-order valence-electron chi connectivity index (χ1n) is 10.4. The fraction of sp³-hybridized carbons (Fsp3) is 0.333. The number of anilines is 2. The fourth-order valence-corrected chi connectivity index (χ4v) is 4.50. The van der Waals surface area contributed by atoms with E-state index in [1.165, 1.54) is 0 Å². The molecule has 0 bridgehead atoms. The minimum absolute atomic E-state index is 0.0167. The van der Waals surface area contributed by atoms with E-state index in [1.807, 2.05) is 36.4 Å². The van der Waals surface area contributed by atoms with Crippen molar-refractivity contribution in [1.82, 2.24) is 0 Å². The number of amides is 2. The van der Waals surface area contributed by atoms with E-state index in [4.69, 9.17) is 5.11 Å². The van der Waals surface area contributed by atoms with Gasteiger partial charge in [0.2, 0.25) is 5.91 Å². The molecule has 2 aromatic carbocycles. The van der Waals surface area contributed by atoms with E-state index in [0.29, 0.717) is 30.6 Å². The second kappa shape index (κ2) is 8.57. The molecule has 31 heavy (non-hydrogen) atoms. The van der Waals surface area contributed by atoms with E-state index in [2.05, 4.69) is 15.9 Å². The molecule has 2 atom stereocenters. The van der Waals surface area contributed by atoms with Gasteiger partial charge in [0.25, 0.3) is 5.91 Å². The molecule has 1 fully saturated rings. The van der Waals surface area contributed by atoms with Crippen molar-refractivity contribution in [3.63, 3.8) is 0 Å². The van der Waals surface area contributed by atoms with Crippen LogP contribution < -0.4 is 9.80 Å². The summed E-state index contributed by atoms with van der Waals surface area (Å²) in [7, 11) is 0. The number of carbonyl (C=O) groups is 2. The number of hydrogen-bond acceptors (Lipinski definition) is 4. The molecule has 162 valence electrons. The number of rotatable bonds is 7. The summed E-state index contributed by atoms with van der Waals surface area (Å²) in [6.45, 7) is 2.87. The lowest BCUT2D eigenvalue weighted by Crippen LogP contribution is -2.44. The van der Waals surface area contributed by atoms with Crippen LogP contribution in [0.5, 0.6) is 0 Å². The number of aliphatic hydroxyl groups excluding tert-OH is 1. The van der Waals surface area contributed by atoms with Gasteiger partial charge in [0.1, 0.15) is 0 Å². The lowest BCUT2D eigenvalue weighted by molar-refractivity contribution is -0.139. The zero-order valence-corrected chi connectivity index (χ0v) is 18.9. The summed E-state index contributed by atoms with van der Waals surface area (Å²) in [6.07, 6.45) is 4.61. The third-order valence-corrected chi connectivity index (χ3v) is 6.54. The molecule has 0 unspecified atom stereocenters. The molecular formula is C24H25BrN2O4. The lowest BCUT2D eigenvalue weighted by atomic mass is 9.83. The van der Waals surface area contributed by atoms with E-state index in [9.17, 15) is 14.7 Å². The quantitative estimate of drug-likeness (QED) is 0.465. The van der Waals surface area contributed by atoms with Crippen LogP contribution in [-0.4, -0.2) is 35.2 Å². The van der Waals surface area contributed by atoms with Gasteiger partial charge in [0.05, 0.1) is 12.2 Å². The Hall–Kier alpha value is -2.48. The maximum atomic E-state index is 13.5. The number of aliphatic hydroxyl groups is 2. The van der Waals surface area contributed by atoms with Gasteiger partial charge in [-0.1, -0.05) is 47.1 Å². The summed E-state index contributed by atoms with van der Waals surface area (Å²) >= 11 is 3.45. The zero-order valence-electron chi connectivity index (χ0n) is 17.3. The number of nitrogens with zero attached hydrogens (tertiary/aromatic N) is 2. The molecule has 2 aliphatic heterocycles. The predicted molar refractivity (Wildman–Crippen MR) is 123 cm³/mol. The van der Waals surface area contributed by atoms with Crippen LogP contribution in [0.4, 0.5) is 11.4 Å². The lowest BCUT2D eigenvalue weighted by Gasteiger charge is -2.31. The molecule has 7 heteroatoms. The van der Waals surface area contributed by atoms with E-state index in [-0.39, 0.29) is 18.4 Å². The van der Waals surface area contributed by atoms with Crippen molar-refractivity contribution < 1.29 is 19.8 Å². The van der Waals surface area contributed by atoms with Gasteiger partial charge in [0.15, 0.2) is 5.60 Å². The average Bonchev–Trinajstić information content (AvgIpc) is 2.96. The first kappa shape index (κ1) is 21.7. The number of fused-ring (bicyclic) bond motifs is 1. The molecular weight excluding hydrogens is 460 g/mol. The SMILES string of the molecule is C[C@@H](/C=C/CCO)[C@]1(O)C(=O)N(Cc2ccc(N3CCC3=O)cc2)c2ccc(Br)cc21. The predicted octanol–water partition coefficient (Wildman–Crippen LogP) is 3.49. The van der Waals surface area contributed by atoms with Crippen molar-refractivity contribution in [2.45, 2.75) is 31.9 Å². The summed E-state index contributed by atoms with van der Waals surface area (Å²) in [4.78, 5) is 28.5. The first-order chi connectivity index (χ1) is 14.9. The zero-order chi connectivity index (χ0) is 22.2. The standard InChI is InChI=1S/C24H25BrN2O4/c1-16(4-2-3-13-28)24(31)20-14-18(25)7-10-21(20)27(23(24)30)15-17-5-8-19(9-6-17)26-12-11-22(26)29/h2,4-10,14,16,28,31H,3,11-13,15H2,1H3/b4-2+/t16-,24+/m0/s1. The topological polar surface area (TPSA) is 81.1 Å². The Morgan fingerprint density at radius 3 is 2.55 bits per heavy atom. The van der Waals surface area contributed by atoms with Gasteiger partial charge in [-0.05, 0) is 42.3 Å². The number of β-lactam (4-membered cyclic amide) rings is 1. The fourth-order valence-electron chi connectivity index (χ4n) is 4.14. The third kappa shape index (κ3) is 3.82. The molecule has 2 aliphatic rings. The van der Waals surface area contributed by atoms with Crippen LogP contribution in [0.3, 0.4) is 0 Å². The van der Waals surface area contributed by atoms with Crippen LogP contribution in [0.2, 0.25) is 0 Å². The number of halogens is 1. The summed E-state index contributed by atoms with van der Waals surface area (Å²) in [5.41, 5.74) is 1.33. The maximum Gasteiger partial charge on any atom is 0.264 e. The van der Waals surface area contributed by atoms with Gasteiger partial charge >= 0.3 is 0 Å². The monoisotopic (exact) mass is 484 g/mol. The highest BCUT2D eigenvalue weighted by Gasteiger charge is 2.52. The molecule has 4 rings (SSSR count). The Labute approximate surface area is 189 Å². The van der Waals surface area contributed by atoms with Crippen molar-refractivity contribution in [1.29, 1.82) is 0 Å². The van der Waals surface area contributed by atoms with Crippen LogP contribution in [-0.2, 0) is 21.7 Å². The second-order valence-electron chi connectivity index (χ2n) is 8.01. The molecule has 0 spiro atoms. The van der Waals surface area contributed by atoms with Crippen LogP contribution >= 0.6 is 15.9 Å².